The zero-order valence-electron chi connectivity index (χ0n) is 10.4. The molecule has 0 saturated heterocycles. The van der Waals surface area contributed by atoms with Gasteiger partial charge in [-0.05, 0) is 25.0 Å². The van der Waals surface area contributed by atoms with Crippen molar-refractivity contribution in [3.63, 3.8) is 0 Å². The number of carbonyl (C=O) groups is 1. The van der Waals surface area contributed by atoms with Gasteiger partial charge in [-0.15, -0.1) is 11.8 Å². The number of Topliss-reactive ketones (excluding diaryl/α,β-unsaturated/α-hetero) is 1. The van der Waals surface area contributed by atoms with Gasteiger partial charge in [0.1, 0.15) is 6.10 Å². The van der Waals surface area contributed by atoms with E-state index in [4.69, 9.17) is 4.74 Å². The molecule has 2 aliphatic rings. The van der Waals surface area contributed by atoms with Crippen LogP contribution < -0.4 is 0 Å². The Labute approximate surface area is 111 Å². The lowest BCUT2D eigenvalue weighted by atomic mass is 9.91. The highest BCUT2D eigenvalue weighted by atomic mass is 32.2. The highest BCUT2D eigenvalue weighted by molar-refractivity contribution is 8.09. The maximum atomic E-state index is 12.3. The number of hydrogen-bond donors (Lipinski definition) is 0. The van der Waals surface area contributed by atoms with Crippen molar-refractivity contribution >= 4 is 28.0 Å². The van der Waals surface area contributed by atoms with E-state index in [1.165, 1.54) is 0 Å². The molecule has 0 saturated carbocycles. The van der Waals surface area contributed by atoms with Crippen molar-refractivity contribution in [3.05, 3.63) is 47.7 Å². The van der Waals surface area contributed by atoms with E-state index in [0.29, 0.717) is 16.6 Å². The van der Waals surface area contributed by atoms with Gasteiger partial charge in [0.05, 0.1) is 4.91 Å². The van der Waals surface area contributed by atoms with E-state index in [1.54, 1.807) is 11.8 Å². The Morgan fingerprint density at radius 1 is 1.22 bits per heavy atom. The molecule has 1 aromatic rings. The van der Waals surface area contributed by atoms with E-state index >= 15 is 0 Å². The van der Waals surface area contributed by atoms with E-state index in [2.05, 4.69) is 13.5 Å². The molecular formula is C15H14O2S. The van der Waals surface area contributed by atoms with Crippen LogP contribution in [0.15, 0.2) is 36.6 Å². The van der Waals surface area contributed by atoms with Crippen LogP contribution in [0.2, 0.25) is 0 Å². The molecule has 0 spiro atoms. The number of ether oxygens (including phenoxy) is 1. The number of hydrogen-bond acceptors (Lipinski definition) is 3. The second kappa shape index (κ2) is 4.02. The van der Waals surface area contributed by atoms with Crippen LogP contribution in [0.4, 0.5) is 0 Å². The fraction of sp³-hybridized carbons (Fsp3) is 0.267. The number of rotatable bonds is 0. The van der Waals surface area contributed by atoms with E-state index in [-0.39, 0.29) is 11.9 Å². The first-order chi connectivity index (χ1) is 8.59. The van der Waals surface area contributed by atoms with Crippen LogP contribution in [0.3, 0.4) is 0 Å². The van der Waals surface area contributed by atoms with Crippen molar-refractivity contribution in [2.24, 2.45) is 0 Å². The zero-order chi connectivity index (χ0) is 12.9. The summed E-state index contributed by atoms with van der Waals surface area (Å²) in [5.74, 6) is 0.407. The van der Waals surface area contributed by atoms with Crippen LogP contribution in [0.5, 0.6) is 0 Å². The van der Waals surface area contributed by atoms with Gasteiger partial charge in [0.15, 0.2) is 5.76 Å². The monoisotopic (exact) mass is 258 g/mol. The standard InChI is InChI=1S/C15H14O2S/c1-8-11-6-4-5-7-12(11)15-14(13(8)16)17-9(2)10(3)18-15/h4-7,9-10H,1H2,2-3H3. The predicted octanol–water partition coefficient (Wildman–Crippen LogP) is 3.49. The van der Waals surface area contributed by atoms with Gasteiger partial charge in [-0.1, -0.05) is 30.8 Å². The van der Waals surface area contributed by atoms with Crippen LogP contribution in [0.1, 0.15) is 25.0 Å². The lowest BCUT2D eigenvalue weighted by molar-refractivity contribution is -0.114. The third kappa shape index (κ3) is 1.54. The third-order valence-corrected chi connectivity index (χ3v) is 4.85. The van der Waals surface area contributed by atoms with E-state index in [0.717, 1.165) is 16.0 Å². The summed E-state index contributed by atoms with van der Waals surface area (Å²) in [5, 5.41) is 0.343. The summed E-state index contributed by atoms with van der Waals surface area (Å²) in [7, 11) is 0. The Hall–Kier alpha value is -1.48. The molecule has 92 valence electrons. The molecule has 2 unspecified atom stereocenters. The van der Waals surface area contributed by atoms with Crippen molar-refractivity contribution in [2.75, 3.05) is 0 Å². The van der Waals surface area contributed by atoms with Gasteiger partial charge in [0.2, 0.25) is 5.78 Å². The fourth-order valence-electron chi connectivity index (χ4n) is 2.22. The fourth-order valence-corrected chi connectivity index (χ4v) is 3.39. The minimum atomic E-state index is -0.0741. The molecule has 2 nitrogen and oxygen atoms in total. The smallest absolute Gasteiger partial charge is 0.228 e. The highest BCUT2D eigenvalue weighted by Gasteiger charge is 2.36. The van der Waals surface area contributed by atoms with Crippen molar-refractivity contribution in [1.82, 2.24) is 0 Å². The SMILES string of the molecule is C=C1C(=O)C2=C(SC(C)C(C)O2)c2ccccc21. The largest absolute Gasteiger partial charge is 0.484 e. The number of thioether (sulfide) groups is 1. The Bertz CT molecular complexity index is 586. The average molecular weight is 258 g/mol. The Kier molecular flexibility index (Phi) is 2.59. The molecule has 1 aliphatic heterocycles. The van der Waals surface area contributed by atoms with E-state index in [1.807, 2.05) is 31.2 Å². The van der Waals surface area contributed by atoms with Crippen molar-refractivity contribution in [3.8, 4) is 0 Å². The minimum Gasteiger partial charge on any atom is -0.484 e. The molecule has 1 heterocycles. The molecule has 0 radical (unpaired) electrons. The second-order valence-corrected chi connectivity index (χ2v) is 6.04. The zero-order valence-corrected chi connectivity index (χ0v) is 11.2. The molecule has 0 N–H and O–H groups in total. The first-order valence-electron chi connectivity index (χ1n) is 6.00. The number of ketones is 1. The van der Waals surface area contributed by atoms with Gasteiger partial charge in [-0.25, -0.2) is 0 Å². The van der Waals surface area contributed by atoms with Crippen LogP contribution in [-0.4, -0.2) is 17.1 Å². The van der Waals surface area contributed by atoms with Crippen LogP contribution in [0, 0.1) is 0 Å². The van der Waals surface area contributed by atoms with Gasteiger partial charge >= 0.3 is 0 Å². The number of carbonyl (C=O) groups excluding carboxylic acids is 1. The van der Waals surface area contributed by atoms with Crippen LogP contribution in [0.25, 0.3) is 10.5 Å². The Morgan fingerprint density at radius 3 is 2.61 bits per heavy atom. The molecule has 0 bridgehead atoms. The second-order valence-electron chi connectivity index (χ2n) is 4.66. The normalized spacial score (nSPS) is 26.6. The van der Waals surface area contributed by atoms with E-state index in [9.17, 15) is 4.79 Å². The Balaban J connectivity index is 2.22. The van der Waals surface area contributed by atoms with Crippen LogP contribution >= 0.6 is 11.8 Å². The lowest BCUT2D eigenvalue weighted by Gasteiger charge is -2.33. The summed E-state index contributed by atoms with van der Waals surface area (Å²) in [4.78, 5) is 13.2. The summed E-state index contributed by atoms with van der Waals surface area (Å²) in [6.45, 7) is 8.02. The first kappa shape index (κ1) is 11.6. The highest BCUT2D eigenvalue weighted by Crippen LogP contribution is 2.47. The summed E-state index contributed by atoms with van der Waals surface area (Å²) < 4.78 is 5.79. The predicted molar refractivity (Wildman–Crippen MR) is 75.0 cm³/mol. The molecule has 18 heavy (non-hydrogen) atoms. The molecule has 0 fully saturated rings. The number of benzene rings is 1. The van der Waals surface area contributed by atoms with Gasteiger partial charge in [0, 0.05) is 10.8 Å². The lowest BCUT2D eigenvalue weighted by Crippen LogP contribution is -2.29. The summed E-state index contributed by atoms with van der Waals surface area (Å²) in [6, 6.07) is 7.89. The molecule has 1 aromatic carbocycles. The average Bonchev–Trinajstić information content (AvgIpc) is 2.38. The van der Waals surface area contributed by atoms with Gasteiger partial charge < -0.3 is 4.74 Å². The quantitative estimate of drug-likeness (QED) is 0.666. The maximum Gasteiger partial charge on any atom is 0.228 e. The minimum absolute atomic E-state index is 0.0516. The van der Waals surface area contributed by atoms with Gasteiger partial charge in [-0.2, -0.15) is 0 Å². The number of allylic oxidation sites excluding steroid dienone is 1. The van der Waals surface area contributed by atoms with Crippen molar-refractivity contribution < 1.29 is 9.53 Å². The van der Waals surface area contributed by atoms with Gasteiger partial charge in [0.25, 0.3) is 0 Å². The Morgan fingerprint density at radius 2 is 1.89 bits per heavy atom. The molecule has 2 atom stereocenters. The van der Waals surface area contributed by atoms with Crippen LogP contribution in [-0.2, 0) is 9.53 Å². The van der Waals surface area contributed by atoms with Gasteiger partial charge in [-0.3, -0.25) is 4.79 Å². The molecule has 3 heteroatoms. The third-order valence-electron chi connectivity index (χ3n) is 3.45. The van der Waals surface area contributed by atoms with Crippen molar-refractivity contribution in [2.45, 2.75) is 25.2 Å². The molecule has 1 aliphatic carbocycles. The number of fused-ring (bicyclic) bond motifs is 2. The molecule has 0 amide bonds. The molecule has 0 aromatic heterocycles. The summed E-state index contributed by atoms with van der Waals surface area (Å²) in [6.07, 6.45) is 0.0516. The first-order valence-corrected chi connectivity index (χ1v) is 6.88. The van der Waals surface area contributed by atoms with E-state index < -0.39 is 0 Å². The van der Waals surface area contributed by atoms with Crippen molar-refractivity contribution in [1.29, 1.82) is 0 Å². The summed E-state index contributed by atoms with van der Waals surface area (Å²) >= 11 is 1.72. The topological polar surface area (TPSA) is 26.3 Å². The molecule has 3 rings (SSSR count). The summed E-state index contributed by atoms with van der Waals surface area (Å²) in [5.41, 5.74) is 2.53. The molecular weight excluding hydrogens is 244 g/mol. The maximum absolute atomic E-state index is 12.3.